The summed E-state index contributed by atoms with van der Waals surface area (Å²) in [5.41, 5.74) is 8.10. The molecule has 0 amide bonds. The molecule has 0 saturated heterocycles. The maximum Gasteiger partial charge on any atom is 0.171 e. The maximum atomic E-state index is 13.2. The molecule has 0 bridgehead atoms. The smallest absolute Gasteiger partial charge is 0.171 e. The first-order valence-electron chi connectivity index (χ1n) is 11.3. The molecule has 1 aromatic carbocycles. The summed E-state index contributed by atoms with van der Waals surface area (Å²) in [6.45, 7) is 4.69. The van der Waals surface area contributed by atoms with E-state index in [9.17, 15) is 4.79 Å². The summed E-state index contributed by atoms with van der Waals surface area (Å²) in [6, 6.07) is 6.60. The van der Waals surface area contributed by atoms with Crippen molar-refractivity contribution in [1.29, 1.82) is 0 Å². The van der Waals surface area contributed by atoms with Crippen LogP contribution in [0.1, 0.15) is 59.7 Å². The molecule has 1 saturated carbocycles. The van der Waals surface area contributed by atoms with Gasteiger partial charge >= 0.3 is 0 Å². The number of rotatable bonds is 4. The van der Waals surface area contributed by atoms with Crippen LogP contribution in [0.3, 0.4) is 0 Å². The Morgan fingerprint density at radius 1 is 1.12 bits per heavy atom. The molecular formula is C26H27N5O. The van der Waals surface area contributed by atoms with Gasteiger partial charge in [0.25, 0.3) is 0 Å². The van der Waals surface area contributed by atoms with Gasteiger partial charge < -0.3 is 4.57 Å². The first-order chi connectivity index (χ1) is 15.4. The Labute approximate surface area is 187 Å². The predicted octanol–water partition coefficient (Wildman–Crippen LogP) is 4.63. The molecule has 1 fully saturated rings. The summed E-state index contributed by atoms with van der Waals surface area (Å²) < 4.78 is 3.67. The minimum absolute atomic E-state index is 0.0243. The first kappa shape index (κ1) is 19.4. The molecular weight excluding hydrogens is 398 g/mol. The van der Waals surface area contributed by atoms with Gasteiger partial charge in [0.15, 0.2) is 11.4 Å². The molecule has 0 aliphatic heterocycles. The molecule has 32 heavy (non-hydrogen) atoms. The van der Waals surface area contributed by atoms with Crippen molar-refractivity contribution in [3.8, 4) is 11.3 Å². The Morgan fingerprint density at radius 3 is 2.66 bits per heavy atom. The molecule has 3 heterocycles. The molecule has 0 N–H and O–H groups in total. The third-order valence-corrected chi connectivity index (χ3v) is 7.18. The summed E-state index contributed by atoms with van der Waals surface area (Å²) >= 11 is 0. The average molecular weight is 426 g/mol. The van der Waals surface area contributed by atoms with E-state index in [1.165, 1.54) is 22.3 Å². The van der Waals surface area contributed by atoms with Crippen molar-refractivity contribution in [2.24, 2.45) is 18.4 Å². The van der Waals surface area contributed by atoms with Gasteiger partial charge in [0.1, 0.15) is 0 Å². The molecule has 2 aliphatic rings. The van der Waals surface area contributed by atoms with Gasteiger partial charge in [-0.1, -0.05) is 19.9 Å². The Bertz CT molecular complexity index is 1360. The fourth-order valence-electron chi connectivity index (χ4n) is 5.55. The van der Waals surface area contributed by atoms with Crippen LogP contribution in [-0.2, 0) is 19.9 Å². The summed E-state index contributed by atoms with van der Waals surface area (Å²) in [5, 5.41) is 4.29. The van der Waals surface area contributed by atoms with Crippen LogP contribution in [0.25, 0.3) is 16.9 Å². The molecule has 6 heteroatoms. The van der Waals surface area contributed by atoms with Gasteiger partial charge in [-0.3, -0.25) is 4.79 Å². The first-order valence-corrected chi connectivity index (χ1v) is 11.3. The van der Waals surface area contributed by atoms with Crippen LogP contribution in [0, 0.1) is 11.3 Å². The number of hydrogen-bond donors (Lipinski definition) is 0. The van der Waals surface area contributed by atoms with E-state index in [1.54, 1.807) is 16.9 Å². The largest absolute Gasteiger partial charge is 0.340 e. The topological polar surface area (TPSA) is 65.1 Å². The third-order valence-electron chi connectivity index (χ3n) is 7.18. The van der Waals surface area contributed by atoms with Gasteiger partial charge in [0, 0.05) is 37.1 Å². The van der Waals surface area contributed by atoms with Gasteiger partial charge in [-0.15, -0.1) is 0 Å². The zero-order valence-corrected chi connectivity index (χ0v) is 18.7. The van der Waals surface area contributed by atoms with E-state index in [1.807, 2.05) is 30.2 Å². The van der Waals surface area contributed by atoms with Crippen LogP contribution < -0.4 is 0 Å². The van der Waals surface area contributed by atoms with Crippen molar-refractivity contribution in [2.75, 3.05) is 0 Å². The highest BCUT2D eigenvalue weighted by Crippen LogP contribution is 2.48. The van der Waals surface area contributed by atoms with Gasteiger partial charge in [-0.05, 0) is 65.8 Å². The number of aromatic nitrogens is 5. The van der Waals surface area contributed by atoms with Crippen LogP contribution in [0.5, 0.6) is 0 Å². The highest BCUT2D eigenvalue weighted by Gasteiger charge is 2.39. The van der Waals surface area contributed by atoms with E-state index in [0.717, 1.165) is 31.4 Å². The summed E-state index contributed by atoms with van der Waals surface area (Å²) in [7, 11) is 2.01. The molecule has 2 aliphatic carbocycles. The molecule has 0 radical (unpaired) electrons. The lowest BCUT2D eigenvalue weighted by Crippen LogP contribution is -2.29. The Kier molecular flexibility index (Phi) is 4.16. The normalized spacial score (nSPS) is 21.5. The highest BCUT2D eigenvalue weighted by molar-refractivity contribution is 6.03. The molecule has 3 aromatic heterocycles. The molecule has 0 unspecified atom stereocenters. The number of imidazole rings is 1. The zero-order valence-electron chi connectivity index (χ0n) is 18.7. The number of hydrogen-bond acceptors (Lipinski definition) is 4. The number of aryl methyl sites for hydroxylation is 1. The van der Waals surface area contributed by atoms with Crippen LogP contribution in [-0.4, -0.2) is 29.9 Å². The minimum atomic E-state index is 0.0243. The van der Waals surface area contributed by atoms with E-state index in [0.29, 0.717) is 22.5 Å². The van der Waals surface area contributed by atoms with E-state index >= 15 is 0 Å². The SMILES string of the molecule is Cn1cnc(-c2cc3c(cc2C2CC(C(=O)c4cnn5cccnc45)C2)CC(C)(C)C3)c1. The lowest BCUT2D eigenvalue weighted by Gasteiger charge is -2.35. The van der Waals surface area contributed by atoms with E-state index in [4.69, 9.17) is 0 Å². The van der Waals surface area contributed by atoms with Crippen molar-refractivity contribution in [2.45, 2.75) is 45.4 Å². The van der Waals surface area contributed by atoms with E-state index in [2.05, 4.69) is 47.2 Å². The Morgan fingerprint density at radius 2 is 1.91 bits per heavy atom. The van der Waals surface area contributed by atoms with Crippen molar-refractivity contribution in [3.05, 3.63) is 71.6 Å². The molecule has 4 aromatic rings. The molecule has 162 valence electrons. The van der Waals surface area contributed by atoms with E-state index in [-0.39, 0.29) is 11.7 Å². The quantitative estimate of drug-likeness (QED) is 0.447. The summed E-state index contributed by atoms with van der Waals surface area (Å²) in [6.07, 6.45) is 13.1. The number of Topliss-reactive ketones (excluding diaryl/α,β-unsaturated/α-hetero) is 1. The van der Waals surface area contributed by atoms with Gasteiger partial charge in [0.2, 0.25) is 0 Å². The van der Waals surface area contributed by atoms with Gasteiger partial charge in [-0.2, -0.15) is 5.10 Å². The molecule has 6 nitrogen and oxygen atoms in total. The molecule has 0 atom stereocenters. The summed E-state index contributed by atoms with van der Waals surface area (Å²) in [4.78, 5) is 22.2. The van der Waals surface area contributed by atoms with Crippen molar-refractivity contribution >= 4 is 11.4 Å². The number of ketones is 1. The number of carbonyl (C=O) groups is 1. The fraction of sp³-hybridized carbons (Fsp3) is 0.385. The van der Waals surface area contributed by atoms with Crippen molar-refractivity contribution < 1.29 is 4.79 Å². The lowest BCUT2D eigenvalue weighted by atomic mass is 9.67. The second-order valence-corrected chi connectivity index (χ2v) is 10.3. The minimum Gasteiger partial charge on any atom is -0.340 e. The highest BCUT2D eigenvalue weighted by atomic mass is 16.1. The standard InChI is InChI=1S/C26H27N5O/c1-26(2)11-18-9-20(21(10-19(18)12-26)23-14-30(3)15-28-23)16-7-17(8-16)24(32)22-13-29-31-6-4-5-27-25(22)31/h4-6,9-10,13-17H,7-8,11-12H2,1-3H3. The Balaban J connectivity index is 1.31. The number of carbonyl (C=O) groups excluding carboxylic acids is 1. The van der Waals surface area contributed by atoms with Crippen LogP contribution >= 0.6 is 0 Å². The number of benzene rings is 1. The average Bonchev–Trinajstić information content (AvgIpc) is 3.41. The monoisotopic (exact) mass is 425 g/mol. The molecule has 0 spiro atoms. The lowest BCUT2D eigenvalue weighted by molar-refractivity contribution is 0.0832. The molecule has 6 rings (SSSR count). The van der Waals surface area contributed by atoms with Gasteiger partial charge in [-0.25, -0.2) is 14.5 Å². The van der Waals surface area contributed by atoms with Crippen LogP contribution in [0.4, 0.5) is 0 Å². The van der Waals surface area contributed by atoms with Crippen LogP contribution in [0.2, 0.25) is 0 Å². The van der Waals surface area contributed by atoms with Crippen molar-refractivity contribution in [3.63, 3.8) is 0 Å². The number of fused-ring (bicyclic) bond motifs is 2. The third kappa shape index (κ3) is 3.08. The second kappa shape index (κ2) is 6.86. The van der Waals surface area contributed by atoms with E-state index < -0.39 is 0 Å². The Hall–Kier alpha value is -3.28. The summed E-state index contributed by atoms with van der Waals surface area (Å²) in [5.74, 6) is 0.567. The van der Waals surface area contributed by atoms with Gasteiger partial charge in [0.05, 0.1) is 23.8 Å². The van der Waals surface area contributed by atoms with Crippen molar-refractivity contribution in [1.82, 2.24) is 24.1 Å². The van der Waals surface area contributed by atoms with Crippen LogP contribution in [0.15, 0.2) is 49.3 Å². The zero-order chi connectivity index (χ0) is 22.0. The fourth-order valence-corrected chi connectivity index (χ4v) is 5.55. The predicted molar refractivity (Wildman–Crippen MR) is 123 cm³/mol. The number of nitrogens with zero attached hydrogens (tertiary/aromatic N) is 5. The second-order valence-electron chi connectivity index (χ2n) is 10.3. The maximum absolute atomic E-state index is 13.2.